The van der Waals surface area contributed by atoms with Gasteiger partial charge in [0.1, 0.15) is 0 Å². The first kappa shape index (κ1) is 15.1. The van der Waals surface area contributed by atoms with Crippen molar-refractivity contribution in [3.63, 3.8) is 0 Å². The first-order valence-electron chi connectivity index (χ1n) is 8.76. The molecule has 2 amide bonds. The zero-order valence-electron chi connectivity index (χ0n) is 14.1. The van der Waals surface area contributed by atoms with E-state index in [0.29, 0.717) is 5.69 Å². The number of benzene rings is 1. The Morgan fingerprint density at radius 2 is 1.72 bits per heavy atom. The predicted octanol–water partition coefficient (Wildman–Crippen LogP) is 1.36. The molecule has 4 atom stereocenters. The topological polar surface area (TPSA) is 59.1 Å². The number of amides is 2. The maximum absolute atomic E-state index is 12.9. The fraction of sp³-hybridized carbons (Fsp3) is 0.474. The zero-order valence-corrected chi connectivity index (χ0v) is 14.1. The Morgan fingerprint density at radius 3 is 2.40 bits per heavy atom. The van der Waals surface area contributed by atoms with Crippen LogP contribution in [0.5, 0.6) is 0 Å². The van der Waals surface area contributed by atoms with Crippen LogP contribution in [0.3, 0.4) is 0 Å². The number of morpholine rings is 1. The van der Waals surface area contributed by atoms with E-state index in [0.717, 1.165) is 32.0 Å². The molecule has 2 bridgehead atoms. The first-order valence-corrected chi connectivity index (χ1v) is 8.76. The number of carbonyl (C=O) groups excluding carboxylic acids is 2. The second-order valence-electron chi connectivity index (χ2n) is 7.26. The van der Waals surface area contributed by atoms with Crippen molar-refractivity contribution in [2.75, 3.05) is 36.1 Å². The third kappa shape index (κ3) is 2.04. The SMILES string of the molecule is C[C@@]12C=C[C@H](O1)[C@H]1C(=O)N(c3ccc(N4CCOCC4)cc3)C(=O)[C@@H]12. The lowest BCUT2D eigenvalue weighted by molar-refractivity contribution is -0.126. The van der Waals surface area contributed by atoms with Gasteiger partial charge in [-0.25, -0.2) is 4.90 Å². The summed E-state index contributed by atoms with van der Waals surface area (Å²) in [5.74, 6) is -1.09. The Balaban J connectivity index is 1.42. The highest BCUT2D eigenvalue weighted by Gasteiger charge is 2.66. The Kier molecular flexibility index (Phi) is 3.12. The lowest BCUT2D eigenvalue weighted by atomic mass is 9.78. The van der Waals surface area contributed by atoms with Crippen molar-refractivity contribution in [2.45, 2.75) is 18.6 Å². The van der Waals surface area contributed by atoms with Crippen LogP contribution in [0.4, 0.5) is 11.4 Å². The van der Waals surface area contributed by atoms with E-state index in [1.165, 1.54) is 4.90 Å². The van der Waals surface area contributed by atoms with Gasteiger partial charge in [-0.3, -0.25) is 9.59 Å². The third-order valence-corrected chi connectivity index (χ3v) is 5.81. The Bertz CT molecular complexity index is 768. The van der Waals surface area contributed by atoms with Gasteiger partial charge in [0.15, 0.2) is 0 Å². The maximum atomic E-state index is 12.9. The molecule has 4 aliphatic heterocycles. The minimum absolute atomic E-state index is 0.146. The summed E-state index contributed by atoms with van der Waals surface area (Å²) in [4.78, 5) is 29.4. The third-order valence-electron chi connectivity index (χ3n) is 5.81. The summed E-state index contributed by atoms with van der Waals surface area (Å²) in [5, 5.41) is 0. The van der Waals surface area contributed by atoms with Crippen molar-refractivity contribution >= 4 is 23.2 Å². The van der Waals surface area contributed by atoms with E-state index in [4.69, 9.17) is 9.47 Å². The molecule has 3 fully saturated rings. The molecule has 4 heterocycles. The molecule has 1 aromatic carbocycles. The summed E-state index contributed by atoms with van der Waals surface area (Å²) in [7, 11) is 0. The molecule has 5 rings (SSSR count). The number of anilines is 2. The lowest BCUT2D eigenvalue weighted by Crippen LogP contribution is -2.38. The predicted molar refractivity (Wildman–Crippen MR) is 91.4 cm³/mol. The van der Waals surface area contributed by atoms with E-state index in [1.807, 2.05) is 43.3 Å². The average Bonchev–Trinajstić information content (AvgIpc) is 3.25. The van der Waals surface area contributed by atoms with E-state index < -0.39 is 11.5 Å². The quantitative estimate of drug-likeness (QED) is 0.601. The maximum Gasteiger partial charge on any atom is 0.241 e. The minimum Gasteiger partial charge on any atom is -0.378 e. The van der Waals surface area contributed by atoms with Gasteiger partial charge < -0.3 is 14.4 Å². The molecule has 0 saturated carbocycles. The van der Waals surface area contributed by atoms with E-state index in [9.17, 15) is 9.59 Å². The summed E-state index contributed by atoms with van der Waals surface area (Å²) < 4.78 is 11.2. The molecule has 6 heteroatoms. The van der Waals surface area contributed by atoms with Gasteiger partial charge in [0.25, 0.3) is 0 Å². The molecule has 1 aromatic rings. The van der Waals surface area contributed by atoms with Crippen molar-refractivity contribution in [3.8, 4) is 0 Å². The lowest BCUT2D eigenvalue weighted by Gasteiger charge is -2.29. The Hall–Kier alpha value is -2.18. The van der Waals surface area contributed by atoms with Gasteiger partial charge >= 0.3 is 0 Å². The fourth-order valence-electron chi connectivity index (χ4n) is 4.54. The van der Waals surface area contributed by atoms with Gasteiger partial charge in [0.05, 0.1) is 42.4 Å². The first-order chi connectivity index (χ1) is 12.1. The van der Waals surface area contributed by atoms with Crippen molar-refractivity contribution < 1.29 is 19.1 Å². The van der Waals surface area contributed by atoms with Gasteiger partial charge in [0.2, 0.25) is 11.8 Å². The van der Waals surface area contributed by atoms with Crippen LogP contribution in [0, 0.1) is 11.8 Å². The summed E-state index contributed by atoms with van der Waals surface area (Å²) in [6.45, 7) is 5.05. The van der Waals surface area contributed by atoms with Crippen LogP contribution in [0.15, 0.2) is 36.4 Å². The Labute approximate surface area is 146 Å². The van der Waals surface area contributed by atoms with Crippen molar-refractivity contribution in [1.82, 2.24) is 0 Å². The molecule has 0 aliphatic carbocycles. The summed E-state index contributed by atoms with van der Waals surface area (Å²) >= 11 is 0. The molecule has 6 nitrogen and oxygen atoms in total. The molecule has 130 valence electrons. The van der Waals surface area contributed by atoms with Crippen molar-refractivity contribution in [1.29, 1.82) is 0 Å². The van der Waals surface area contributed by atoms with E-state index >= 15 is 0 Å². The number of imide groups is 1. The number of nitrogens with zero attached hydrogens (tertiary/aromatic N) is 2. The molecule has 25 heavy (non-hydrogen) atoms. The second kappa shape index (κ2) is 5.16. The molecule has 0 N–H and O–H groups in total. The van der Waals surface area contributed by atoms with E-state index in [2.05, 4.69) is 4.90 Å². The van der Waals surface area contributed by atoms with Crippen LogP contribution in [0.1, 0.15) is 6.92 Å². The highest BCUT2D eigenvalue weighted by Crippen LogP contribution is 2.52. The van der Waals surface area contributed by atoms with Crippen LogP contribution in [-0.4, -0.2) is 49.8 Å². The molecule has 3 saturated heterocycles. The molecule has 4 aliphatic rings. The van der Waals surface area contributed by atoms with Crippen LogP contribution >= 0.6 is 0 Å². The van der Waals surface area contributed by atoms with Gasteiger partial charge in [0, 0.05) is 18.8 Å². The summed E-state index contributed by atoms with van der Waals surface area (Å²) in [5.41, 5.74) is 1.08. The number of rotatable bonds is 2. The zero-order chi connectivity index (χ0) is 17.2. The molecule has 0 aromatic heterocycles. The summed E-state index contributed by atoms with van der Waals surface area (Å²) in [6.07, 6.45) is 3.57. The van der Waals surface area contributed by atoms with Crippen LogP contribution in [0.2, 0.25) is 0 Å². The van der Waals surface area contributed by atoms with Gasteiger partial charge in [-0.1, -0.05) is 12.2 Å². The Morgan fingerprint density at radius 1 is 1.04 bits per heavy atom. The number of carbonyl (C=O) groups is 2. The van der Waals surface area contributed by atoms with Gasteiger partial charge in [-0.05, 0) is 31.2 Å². The van der Waals surface area contributed by atoms with Crippen LogP contribution in [-0.2, 0) is 19.1 Å². The van der Waals surface area contributed by atoms with Crippen LogP contribution in [0.25, 0.3) is 0 Å². The van der Waals surface area contributed by atoms with E-state index in [1.54, 1.807) is 0 Å². The number of fused-ring (bicyclic) bond motifs is 5. The average molecular weight is 340 g/mol. The normalized spacial score (nSPS) is 36.4. The van der Waals surface area contributed by atoms with Crippen molar-refractivity contribution in [3.05, 3.63) is 36.4 Å². The number of hydrogen-bond donors (Lipinski definition) is 0. The van der Waals surface area contributed by atoms with Gasteiger partial charge in [-0.2, -0.15) is 0 Å². The molecule has 0 unspecified atom stereocenters. The highest BCUT2D eigenvalue weighted by atomic mass is 16.5. The number of ether oxygens (including phenoxy) is 2. The van der Waals surface area contributed by atoms with Crippen molar-refractivity contribution in [2.24, 2.45) is 11.8 Å². The van der Waals surface area contributed by atoms with Gasteiger partial charge in [-0.15, -0.1) is 0 Å². The largest absolute Gasteiger partial charge is 0.378 e. The molecule has 0 spiro atoms. The monoisotopic (exact) mass is 340 g/mol. The highest BCUT2D eigenvalue weighted by molar-refractivity contribution is 6.23. The second-order valence-corrected chi connectivity index (χ2v) is 7.26. The smallest absolute Gasteiger partial charge is 0.241 e. The minimum atomic E-state index is -0.648. The molecular formula is C19H20N2O4. The number of hydrogen-bond acceptors (Lipinski definition) is 5. The summed E-state index contributed by atoms with van der Waals surface area (Å²) in [6, 6.07) is 7.67. The molecular weight excluding hydrogens is 320 g/mol. The fourth-order valence-corrected chi connectivity index (χ4v) is 4.54. The van der Waals surface area contributed by atoms with E-state index in [-0.39, 0.29) is 23.8 Å². The molecule has 0 radical (unpaired) electrons. The standard InChI is InChI=1S/C19H20N2O4/c1-19-7-6-14(25-19)15-16(19)18(23)21(17(15)22)13-4-2-12(3-5-13)20-8-10-24-11-9-20/h2-7,14-16H,8-11H2,1H3/t14-,15+,16+,19-/m0/s1. The van der Waals surface area contributed by atoms with Crippen LogP contribution < -0.4 is 9.80 Å².